The molecule has 0 atom stereocenters. The molecule has 6 nitrogen and oxygen atoms in total. The molecule has 1 N–H and O–H groups in total. The summed E-state index contributed by atoms with van der Waals surface area (Å²) in [6.45, 7) is 8.18. The zero-order chi connectivity index (χ0) is 21.0. The summed E-state index contributed by atoms with van der Waals surface area (Å²) in [5.74, 6) is 0.0918. The second-order valence-electron chi connectivity index (χ2n) is 7.51. The molecule has 0 unspecified atom stereocenters. The summed E-state index contributed by atoms with van der Waals surface area (Å²) < 4.78 is 21.6. The van der Waals surface area contributed by atoms with E-state index < -0.39 is 5.82 Å². The highest BCUT2D eigenvalue weighted by Crippen LogP contribution is 2.26. The van der Waals surface area contributed by atoms with Crippen LogP contribution in [0.1, 0.15) is 27.7 Å². The molecule has 0 radical (unpaired) electrons. The van der Waals surface area contributed by atoms with E-state index >= 15 is 0 Å². The second kappa shape index (κ2) is 8.86. The van der Waals surface area contributed by atoms with Crippen LogP contribution in [0.4, 0.5) is 10.1 Å². The predicted molar refractivity (Wildman–Crippen MR) is 111 cm³/mol. The fraction of sp³-hybridized carbons (Fsp3) is 0.318. The van der Waals surface area contributed by atoms with Crippen LogP contribution in [-0.4, -0.2) is 27.3 Å². The van der Waals surface area contributed by atoms with E-state index in [9.17, 15) is 9.18 Å². The molecule has 3 aromatic rings. The van der Waals surface area contributed by atoms with E-state index in [0.29, 0.717) is 35.3 Å². The predicted octanol–water partition coefficient (Wildman–Crippen LogP) is 4.70. The van der Waals surface area contributed by atoms with Crippen molar-refractivity contribution in [3.63, 3.8) is 0 Å². The minimum Gasteiger partial charge on any atom is -0.462 e. The molecular formula is C22H25FN4O2. The van der Waals surface area contributed by atoms with Crippen LogP contribution in [0, 0.1) is 17.7 Å². The summed E-state index contributed by atoms with van der Waals surface area (Å²) in [5, 5.41) is 7.26. The van der Waals surface area contributed by atoms with Crippen molar-refractivity contribution in [2.75, 3.05) is 11.9 Å². The van der Waals surface area contributed by atoms with Crippen molar-refractivity contribution in [1.29, 1.82) is 0 Å². The first kappa shape index (κ1) is 20.5. The Hall–Kier alpha value is -3.22. The van der Waals surface area contributed by atoms with Gasteiger partial charge in [-0.3, -0.25) is 4.79 Å². The third-order valence-corrected chi connectivity index (χ3v) is 4.15. The molecular weight excluding hydrogens is 371 g/mol. The summed E-state index contributed by atoms with van der Waals surface area (Å²) in [7, 11) is 0. The Balaban J connectivity index is 1.96. The molecule has 3 rings (SSSR count). The number of ether oxygens (including phenoxy) is 1. The lowest BCUT2D eigenvalue weighted by molar-refractivity contribution is -0.118. The maximum Gasteiger partial charge on any atom is 0.336 e. The lowest BCUT2D eigenvalue weighted by atomic mass is 10.2. The monoisotopic (exact) mass is 396 g/mol. The van der Waals surface area contributed by atoms with E-state index in [-0.39, 0.29) is 17.8 Å². The molecule has 2 aromatic carbocycles. The van der Waals surface area contributed by atoms with E-state index in [1.165, 1.54) is 6.07 Å². The molecule has 1 aromatic heterocycles. The summed E-state index contributed by atoms with van der Waals surface area (Å²) in [6.07, 6.45) is 0. The molecule has 0 saturated carbocycles. The van der Waals surface area contributed by atoms with Gasteiger partial charge in [-0.25, -0.2) is 9.07 Å². The van der Waals surface area contributed by atoms with Gasteiger partial charge in [-0.1, -0.05) is 39.8 Å². The number of nitrogens with one attached hydrogen (secondary N) is 1. The number of hydrogen-bond donors (Lipinski definition) is 1. The van der Waals surface area contributed by atoms with E-state index in [4.69, 9.17) is 4.74 Å². The van der Waals surface area contributed by atoms with Crippen LogP contribution < -0.4 is 10.1 Å². The minimum atomic E-state index is -0.391. The maximum atomic E-state index is 14.4. The fourth-order valence-electron chi connectivity index (χ4n) is 2.57. The molecule has 0 aliphatic rings. The fourth-order valence-corrected chi connectivity index (χ4v) is 2.57. The third-order valence-electron chi connectivity index (χ3n) is 4.15. The Bertz CT molecular complexity index is 981. The number of rotatable bonds is 7. The first-order chi connectivity index (χ1) is 13.8. The Kier molecular flexibility index (Phi) is 6.26. The van der Waals surface area contributed by atoms with Gasteiger partial charge in [0.1, 0.15) is 5.82 Å². The Labute approximate surface area is 169 Å². The molecule has 1 heterocycles. The highest BCUT2D eigenvalue weighted by Gasteiger charge is 2.18. The third kappa shape index (κ3) is 4.99. The molecule has 29 heavy (non-hydrogen) atoms. The molecule has 152 valence electrons. The molecule has 0 fully saturated rings. The number of anilines is 1. The number of amides is 1. The molecule has 7 heteroatoms. The highest BCUT2D eigenvalue weighted by molar-refractivity contribution is 5.92. The SMILES string of the molecule is CC(C)COc1nc(-c2ccccc2F)n(-c2ccc(NC(=O)C(C)C)cc2)n1. The smallest absolute Gasteiger partial charge is 0.336 e. The number of aromatic nitrogens is 3. The van der Waals surface area contributed by atoms with Crippen LogP contribution in [0.15, 0.2) is 48.5 Å². The van der Waals surface area contributed by atoms with Crippen molar-refractivity contribution >= 4 is 11.6 Å². The molecule has 0 aliphatic carbocycles. The van der Waals surface area contributed by atoms with Crippen LogP contribution in [0.25, 0.3) is 17.1 Å². The zero-order valence-electron chi connectivity index (χ0n) is 17.0. The van der Waals surface area contributed by atoms with Crippen LogP contribution in [0.2, 0.25) is 0 Å². The summed E-state index contributed by atoms with van der Waals surface area (Å²) in [6, 6.07) is 13.7. The molecule has 0 saturated heterocycles. The first-order valence-electron chi connectivity index (χ1n) is 9.61. The highest BCUT2D eigenvalue weighted by atomic mass is 19.1. The molecule has 0 aliphatic heterocycles. The van der Waals surface area contributed by atoms with Gasteiger partial charge in [0, 0.05) is 11.6 Å². The summed E-state index contributed by atoms with van der Waals surface area (Å²) in [5.41, 5.74) is 1.69. The molecule has 1 amide bonds. The Morgan fingerprint density at radius 2 is 1.79 bits per heavy atom. The van der Waals surface area contributed by atoms with Gasteiger partial charge in [0.15, 0.2) is 5.82 Å². The van der Waals surface area contributed by atoms with E-state index in [2.05, 4.69) is 15.4 Å². The average molecular weight is 396 g/mol. The van der Waals surface area contributed by atoms with Gasteiger partial charge in [-0.2, -0.15) is 4.98 Å². The van der Waals surface area contributed by atoms with Gasteiger partial charge in [0.2, 0.25) is 5.91 Å². The Morgan fingerprint density at radius 3 is 2.41 bits per heavy atom. The van der Waals surface area contributed by atoms with Crippen LogP contribution in [0.5, 0.6) is 6.01 Å². The zero-order valence-corrected chi connectivity index (χ0v) is 17.0. The lowest BCUT2D eigenvalue weighted by Gasteiger charge is -2.10. The molecule has 0 bridgehead atoms. The van der Waals surface area contributed by atoms with Crippen molar-refractivity contribution in [2.24, 2.45) is 11.8 Å². The standard InChI is InChI=1S/C22H25FN4O2/c1-14(2)13-29-22-25-20(18-7-5-6-8-19(18)23)27(26-22)17-11-9-16(10-12-17)24-21(28)15(3)4/h5-12,14-15H,13H2,1-4H3,(H,24,28). The normalized spacial score (nSPS) is 11.1. The number of carbonyl (C=O) groups is 1. The number of hydrogen-bond acceptors (Lipinski definition) is 4. The van der Waals surface area contributed by atoms with Crippen molar-refractivity contribution in [3.05, 3.63) is 54.3 Å². The lowest BCUT2D eigenvalue weighted by Crippen LogP contribution is -2.17. The second-order valence-corrected chi connectivity index (χ2v) is 7.51. The average Bonchev–Trinajstić information content (AvgIpc) is 3.11. The van der Waals surface area contributed by atoms with Gasteiger partial charge in [0.05, 0.1) is 17.9 Å². The van der Waals surface area contributed by atoms with Gasteiger partial charge in [-0.05, 0) is 42.3 Å². The van der Waals surface area contributed by atoms with E-state index in [1.54, 1.807) is 47.1 Å². The van der Waals surface area contributed by atoms with E-state index in [0.717, 1.165) is 0 Å². The van der Waals surface area contributed by atoms with Gasteiger partial charge >= 0.3 is 6.01 Å². The van der Waals surface area contributed by atoms with Crippen LogP contribution in [0.3, 0.4) is 0 Å². The van der Waals surface area contributed by atoms with Crippen molar-refractivity contribution < 1.29 is 13.9 Å². The maximum absolute atomic E-state index is 14.4. The largest absolute Gasteiger partial charge is 0.462 e. The first-order valence-corrected chi connectivity index (χ1v) is 9.61. The minimum absolute atomic E-state index is 0.0603. The van der Waals surface area contributed by atoms with E-state index in [1.807, 2.05) is 27.7 Å². The van der Waals surface area contributed by atoms with Crippen LogP contribution in [-0.2, 0) is 4.79 Å². The van der Waals surface area contributed by atoms with Crippen molar-refractivity contribution in [3.8, 4) is 23.1 Å². The van der Waals surface area contributed by atoms with Crippen molar-refractivity contribution in [2.45, 2.75) is 27.7 Å². The van der Waals surface area contributed by atoms with Gasteiger partial charge < -0.3 is 10.1 Å². The topological polar surface area (TPSA) is 69.0 Å². The van der Waals surface area contributed by atoms with Crippen LogP contribution >= 0.6 is 0 Å². The number of halogens is 1. The molecule has 0 spiro atoms. The quantitative estimate of drug-likeness (QED) is 0.628. The number of benzene rings is 2. The summed E-state index contributed by atoms with van der Waals surface area (Å²) >= 11 is 0. The number of carbonyl (C=O) groups excluding carboxylic acids is 1. The van der Waals surface area contributed by atoms with Crippen molar-refractivity contribution in [1.82, 2.24) is 14.8 Å². The van der Waals surface area contributed by atoms with Gasteiger partial charge in [-0.15, -0.1) is 5.10 Å². The van der Waals surface area contributed by atoms with Gasteiger partial charge in [0.25, 0.3) is 0 Å². The Morgan fingerprint density at radius 1 is 1.10 bits per heavy atom. The number of nitrogens with zero attached hydrogens (tertiary/aromatic N) is 3. The summed E-state index contributed by atoms with van der Waals surface area (Å²) in [4.78, 5) is 16.3.